The quantitative estimate of drug-likeness (QED) is 0.449. The first-order chi connectivity index (χ1) is 14.7. The zero-order valence-corrected chi connectivity index (χ0v) is 17.4. The number of imidazole rings is 1. The summed E-state index contributed by atoms with van der Waals surface area (Å²) < 4.78 is 21.2. The van der Waals surface area contributed by atoms with Gasteiger partial charge in [-0.2, -0.15) is 0 Å². The Balaban J connectivity index is 1.60. The molecular formula is C21H18ClFN4O4. The van der Waals surface area contributed by atoms with E-state index in [0.717, 1.165) is 11.6 Å². The Kier molecular flexibility index (Phi) is 6.66. The molecule has 160 valence electrons. The molecule has 0 saturated heterocycles. The average Bonchev–Trinajstić information content (AvgIpc) is 3.17. The number of hydrogen-bond acceptors (Lipinski definition) is 5. The number of hydrazine groups is 1. The Bertz CT molecular complexity index is 1120. The third kappa shape index (κ3) is 5.46. The van der Waals surface area contributed by atoms with E-state index in [2.05, 4.69) is 15.8 Å². The molecule has 8 nitrogen and oxygen atoms in total. The lowest BCUT2D eigenvalue weighted by Gasteiger charge is -2.11. The van der Waals surface area contributed by atoms with Gasteiger partial charge in [0.2, 0.25) is 0 Å². The van der Waals surface area contributed by atoms with Crippen molar-refractivity contribution < 1.29 is 23.5 Å². The number of hydrogen-bond donors (Lipinski definition) is 2. The summed E-state index contributed by atoms with van der Waals surface area (Å²) in [5, 5.41) is -0.166. The van der Waals surface area contributed by atoms with Crippen LogP contribution in [0.3, 0.4) is 0 Å². The molecule has 0 spiro atoms. The number of nitrogens with zero attached hydrogens (tertiary/aromatic N) is 2. The molecule has 1 heterocycles. The smallest absolute Gasteiger partial charge is 0.289 e. The first-order valence-corrected chi connectivity index (χ1v) is 9.42. The molecule has 0 atom stereocenters. The molecule has 3 rings (SSSR count). The number of ketones is 1. The van der Waals surface area contributed by atoms with Crippen molar-refractivity contribution in [3.05, 3.63) is 82.1 Å². The van der Waals surface area contributed by atoms with E-state index < -0.39 is 30.0 Å². The zero-order chi connectivity index (χ0) is 22.5. The summed E-state index contributed by atoms with van der Waals surface area (Å²) in [6.45, 7) is 1.27. The topological polar surface area (TPSA) is 102 Å². The maximum absolute atomic E-state index is 14.5. The number of carbonyl (C=O) groups excluding carboxylic acids is 3. The molecular weight excluding hydrogens is 427 g/mol. The Labute approximate surface area is 182 Å². The van der Waals surface area contributed by atoms with Crippen LogP contribution in [-0.2, 0) is 11.8 Å². The summed E-state index contributed by atoms with van der Waals surface area (Å²) in [6, 6.07) is 9.07. The maximum atomic E-state index is 14.5. The van der Waals surface area contributed by atoms with E-state index in [-0.39, 0.29) is 22.0 Å². The van der Waals surface area contributed by atoms with E-state index in [1.54, 1.807) is 35.9 Å². The van der Waals surface area contributed by atoms with Crippen LogP contribution in [0.2, 0.25) is 5.02 Å². The Hall–Kier alpha value is -3.72. The lowest BCUT2D eigenvalue weighted by Crippen LogP contribution is -2.44. The van der Waals surface area contributed by atoms with Crippen molar-refractivity contribution in [2.75, 3.05) is 6.61 Å². The largest absolute Gasteiger partial charge is 0.479 e. The molecule has 3 aromatic rings. The summed E-state index contributed by atoms with van der Waals surface area (Å²) in [5.41, 5.74) is 5.80. The predicted molar refractivity (Wildman–Crippen MR) is 110 cm³/mol. The summed E-state index contributed by atoms with van der Waals surface area (Å²) in [6.07, 6.45) is 2.89. The molecule has 1 aromatic heterocycles. The molecule has 31 heavy (non-hydrogen) atoms. The van der Waals surface area contributed by atoms with E-state index in [0.29, 0.717) is 5.56 Å². The van der Waals surface area contributed by atoms with Crippen LogP contribution in [0.15, 0.2) is 48.9 Å². The van der Waals surface area contributed by atoms with Crippen molar-refractivity contribution >= 4 is 29.2 Å². The minimum Gasteiger partial charge on any atom is -0.479 e. The van der Waals surface area contributed by atoms with Crippen LogP contribution in [0.5, 0.6) is 5.75 Å². The third-order valence-electron chi connectivity index (χ3n) is 4.17. The van der Waals surface area contributed by atoms with E-state index in [1.807, 2.05) is 6.92 Å². The van der Waals surface area contributed by atoms with Crippen LogP contribution in [0.1, 0.15) is 32.0 Å². The molecule has 10 heteroatoms. The summed E-state index contributed by atoms with van der Waals surface area (Å²) in [7, 11) is 1.69. The predicted octanol–water partition coefficient (Wildman–Crippen LogP) is 2.59. The number of carbonyl (C=O) groups is 3. The number of aryl methyl sites for hydroxylation is 2. The third-order valence-corrected chi connectivity index (χ3v) is 4.46. The molecule has 2 N–H and O–H groups in total. The molecule has 0 aliphatic rings. The second-order valence-corrected chi connectivity index (χ2v) is 7.09. The first-order valence-electron chi connectivity index (χ1n) is 9.05. The SMILES string of the molecule is Cc1ccc(C(=O)c2cc(F)c(OCC(=O)NNC(=O)c3cn(C)cn3)c(Cl)c2)cc1. The van der Waals surface area contributed by atoms with E-state index in [4.69, 9.17) is 16.3 Å². The van der Waals surface area contributed by atoms with Crippen LogP contribution in [0.25, 0.3) is 0 Å². The van der Waals surface area contributed by atoms with Gasteiger partial charge in [-0.15, -0.1) is 0 Å². The fourth-order valence-corrected chi connectivity index (χ4v) is 2.86. The van der Waals surface area contributed by atoms with Crippen LogP contribution in [-0.4, -0.2) is 33.8 Å². The van der Waals surface area contributed by atoms with Gasteiger partial charge in [-0.3, -0.25) is 25.2 Å². The molecule has 0 aliphatic heterocycles. The van der Waals surface area contributed by atoms with Crippen molar-refractivity contribution in [3.8, 4) is 5.75 Å². The number of halogens is 2. The Morgan fingerprint density at radius 2 is 1.84 bits per heavy atom. The Morgan fingerprint density at radius 1 is 1.13 bits per heavy atom. The molecule has 0 unspecified atom stereocenters. The first kappa shape index (κ1) is 22.0. The van der Waals surface area contributed by atoms with Crippen molar-refractivity contribution in [1.29, 1.82) is 0 Å². The number of ether oxygens (including phenoxy) is 1. The van der Waals surface area contributed by atoms with Gasteiger partial charge in [-0.25, -0.2) is 9.37 Å². The summed E-state index contributed by atoms with van der Waals surface area (Å²) in [5.74, 6) is -3.05. The summed E-state index contributed by atoms with van der Waals surface area (Å²) >= 11 is 6.06. The van der Waals surface area contributed by atoms with E-state index in [1.165, 1.54) is 18.6 Å². The van der Waals surface area contributed by atoms with Crippen LogP contribution in [0, 0.1) is 12.7 Å². The number of amides is 2. The molecule has 0 bridgehead atoms. The minimum atomic E-state index is -0.895. The van der Waals surface area contributed by atoms with Gasteiger partial charge in [-0.1, -0.05) is 41.4 Å². The van der Waals surface area contributed by atoms with Crippen LogP contribution in [0.4, 0.5) is 4.39 Å². The normalized spacial score (nSPS) is 10.5. The number of aromatic nitrogens is 2. The molecule has 0 radical (unpaired) electrons. The number of rotatable bonds is 6. The highest BCUT2D eigenvalue weighted by Crippen LogP contribution is 2.30. The number of nitrogens with one attached hydrogen (secondary N) is 2. The minimum absolute atomic E-state index is 0.0470. The molecule has 2 aromatic carbocycles. The van der Waals surface area contributed by atoms with Crippen molar-refractivity contribution in [1.82, 2.24) is 20.4 Å². The van der Waals surface area contributed by atoms with Gasteiger partial charge in [0, 0.05) is 24.4 Å². The molecule has 0 aliphatic carbocycles. The van der Waals surface area contributed by atoms with Gasteiger partial charge in [0.05, 0.1) is 11.3 Å². The van der Waals surface area contributed by atoms with E-state index >= 15 is 0 Å². The Morgan fingerprint density at radius 3 is 2.45 bits per heavy atom. The lowest BCUT2D eigenvalue weighted by molar-refractivity contribution is -0.123. The maximum Gasteiger partial charge on any atom is 0.289 e. The fourth-order valence-electron chi connectivity index (χ4n) is 2.59. The summed E-state index contributed by atoms with van der Waals surface area (Å²) in [4.78, 5) is 40.1. The zero-order valence-electron chi connectivity index (χ0n) is 16.6. The van der Waals surface area contributed by atoms with Crippen molar-refractivity contribution in [2.24, 2.45) is 7.05 Å². The molecule has 2 amide bonds. The molecule has 0 saturated carbocycles. The highest BCUT2D eigenvalue weighted by Gasteiger charge is 2.18. The lowest BCUT2D eigenvalue weighted by atomic mass is 10.0. The number of benzene rings is 2. The van der Waals surface area contributed by atoms with Gasteiger partial charge in [0.15, 0.2) is 24.0 Å². The average molecular weight is 445 g/mol. The standard InChI is InChI=1S/C21H18ClFN4O4/c1-12-3-5-13(6-4-12)19(29)14-7-15(22)20(16(23)8-14)31-10-18(28)25-26-21(30)17-9-27(2)11-24-17/h3-9,11H,10H2,1-2H3,(H,25,28)(H,26,30). The van der Waals surface area contributed by atoms with Gasteiger partial charge in [0.25, 0.3) is 11.8 Å². The van der Waals surface area contributed by atoms with Crippen LogP contribution < -0.4 is 15.6 Å². The van der Waals surface area contributed by atoms with Gasteiger partial charge in [-0.05, 0) is 19.1 Å². The van der Waals surface area contributed by atoms with Crippen LogP contribution >= 0.6 is 11.6 Å². The van der Waals surface area contributed by atoms with Gasteiger partial charge in [0.1, 0.15) is 5.69 Å². The van der Waals surface area contributed by atoms with Gasteiger partial charge < -0.3 is 9.30 Å². The molecule has 0 fully saturated rings. The van der Waals surface area contributed by atoms with E-state index in [9.17, 15) is 18.8 Å². The second kappa shape index (κ2) is 9.40. The van der Waals surface area contributed by atoms with Crippen molar-refractivity contribution in [3.63, 3.8) is 0 Å². The fraction of sp³-hybridized carbons (Fsp3) is 0.143. The van der Waals surface area contributed by atoms with Crippen molar-refractivity contribution in [2.45, 2.75) is 6.92 Å². The van der Waals surface area contributed by atoms with Gasteiger partial charge >= 0.3 is 0 Å². The highest BCUT2D eigenvalue weighted by atomic mass is 35.5. The monoisotopic (exact) mass is 444 g/mol. The highest BCUT2D eigenvalue weighted by molar-refractivity contribution is 6.32. The second-order valence-electron chi connectivity index (χ2n) is 6.68.